The minimum atomic E-state index is 0.792. The first-order valence-corrected chi connectivity index (χ1v) is 6.07. The van der Waals surface area contributed by atoms with Gasteiger partial charge in [-0.1, -0.05) is 13.3 Å². The Morgan fingerprint density at radius 1 is 1.24 bits per heavy atom. The molecule has 1 heterocycles. The van der Waals surface area contributed by atoms with Crippen LogP contribution in [-0.2, 0) is 0 Å². The van der Waals surface area contributed by atoms with Gasteiger partial charge in [0.1, 0.15) is 0 Å². The molecule has 0 unspecified atom stereocenters. The SMILES string of the molecule is CCCCN(C)c1ccc(N)c2cnccc12. The van der Waals surface area contributed by atoms with Crippen LogP contribution in [0.15, 0.2) is 30.6 Å². The summed E-state index contributed by atoms with van der Waals surface area (Å²) in [4.78, 5) is 6.42. The smallest absolute Gasteiger partial charge is 0.0445 e. The lowest BCUT2D eigenvalue weighted by atomic mass is 10.1. The van der Waals surface area contributed by atoms with E-state index in [-0.39, 0.29) is 0 Å². The number of hydrogen-bond donors (Lipinski definition) is 1. The van der Waals surface area contributed by atoms with Crippen LogP contribution in [0.5, 0.6) is 0 Å². The quantitative estimate of drug-likeness (QED) is 0.819. The number of nitrogens with two attached hydrogens (primary N) is 1. The molecule has 0 saturated heterocycles. The first kappa shape index (κ1) is 11.7. The standard InChI is InChI=1S/C14H19N3/c1-3-4-9-17(2)14-6-5-13(15)12-10-16-8-7-11(12)14/h5-8,10H,3-4,9,15H2,1-2H3. The van der Waals surface area contributed by atoms with Gasteiger partial charge in [-0.2, -0.15) is 0 Å². The maximum Gasteiger partial charge on any atom is 0.0445 e. The van der Waals surface area contributed by atoms with Gasteiger partial charge in [0, 0.05) is 48.1 Å². The molecular formula is C14H19N3. The highest BCUT2D eigenvalue weighted by atomic mass is 15.1. The third kappa shape index (κ3) is 2.33. The fourth-order valence-electron chi connectivity index (χ4n) is 2.04. The number of nitrogens with zero attached hydrogens (tertiary/aromatic N) is 2. The van der Waals surface area contributed by atoms with Crippen molar-refractivity contribution in [2.45, 2.75) is 19.8 Å². The van der Waals surface area contributed by atoms with E-state index < -0.39 is 0 Å². The van der Waals surface area contributed by atoms with Crippen molar-refractivity contribution >= 4 is 22.1 Å². The van der Waals surface area contributed by atoms with Gasteiger partial charge in [-0.3, -0.25) is 4.98 Å². The lowest BCUT2D eigenvalue weighted by Crippen LogP contribution is -2.18. The minimum absolute atomic E-state index is 0.792. The van der Waals surface area contributed by atoms with Crippen LogP contribution in [0, 0.1) is 0 Å². The van der Waals surface area contributed by atoms with E-state index in [0.29, 0.717) is 0 Å². The van der Waals surface area contributed by atoms with Crippen LogP contribution in [0.3, 0.4) is 0 Å². The van der Waals surface area contributed by atoms with E-state index in [0.717, 1.165) is 17.6 Å². The number of pyridine rings is 1. The Balaban J connectivity index is 2.44. The summed E-state index contributed by atoms with van der Waals surface area (Å²) < 4.78 is 0. The van der Waals surface area contributed by atoms with Gasteiger partial charge < -0.3 is 10.6 Å². The van der Waals surface area contributed by atoms with Gasteiger partial charge in [-0.25, -0.2) is 0 Å². The molecule has 1 aromatic heterocycles. The van der Waals surface area contributed by atoms with Gasteiger partial charge in [-0.15, -0.1) is 0 Å². The molecule has 0 aliphatic rings. The summed E-state index contributed by atoms with van der Waals surface area (Å²) in [5, 5.41) is 2.21. The number of aromatic nitrogens is 1. The summed E-state index contributed by atoms with van der Waals surface area (Å²) in [7, 11) is 2.13. The second kappa shape index (κ2) is 5.04. The van der Waals surface area contributed by atoms with E-state index in [4.69, 9.17) is 5.73 Å². The number of nitrogen functional groups attached to an aromatic ring is 1. The first-order chi connectivity index (χ1) is 8.24. The summed E-state index contributed by atoms with van der Waals surface area (Å²) in [5.74, 6) is 0. The molecule has 3 heteroatoms. The van der Waals surface area contributed by atoms with Crippen molar-refractivity contribution in [2.24, 2.45) is 0 Å². The predicted octanol–water partition coefficient (Wildman–Crippen LogP) is 3.05. The zero-order chi connectivity index (χ0) is 12.3. The largest absolute Gasteiger partial charge is 0.398 e. The van der Waals surface area contributed by atoms with Crippen molar-refractivity contribution in [1.29, 1.82) is 0 Å². The normalized spacial score (nSPS) is 10.7. The van der Waals surface area contributed by atoms with Crippen LogP contribution < -0.4 is 10.6 Å². The predicted molar refractivity (Wildman–Crippen MR) is 74.3 cm³/mol. The number of benzene rings is 1. The van der Waals surface area contributed by atoms with Crippen LogP contribution in [0.1, 0.15) is 19.8 Å². The molecule has 0 saturated carbocycles. The number of fused-ring (bicyclic) bond motifs is 1. The molecular weight excluding hydrogens is 210 g/mol. The molecule has 0 aliphatic carbocycles. The van der Waals surface area contributed by atoms with Gasteiger partial charge in [0.2, 0.25) is 0 Å². The highest BCUT2D eigenvalue weighted by Crippen LogP contribution is 2.29. The Labute approximate surface area is 102 Å². The van der Waals surface area contributed by atoms with Crippen molar-refractivity contribution in [2.75, 3.05) is 24.2 Å². The Bertz CT molecular complexity index is 508. The van der Waals surface area contributed by atoms with Gasteiger partial charge in [0.25, 0.3) is 0 Å². The summed E-state index contributed by atoms with van der Waals surface area (Å²) in [6.45, 7) is 3.27. The van der Waals surface area contributed by atoms with Crippen LogP contribution in [0.25, 0.3) is 10.8 Å². The Hall–Kier alpha value is -1.77. The van der Waals surface area contributed by atoms with E-state index in [1.807, 2.05) is 24.5 Å². The maximum atomic E-state index is 5.97. The fraction of sp³-hybridized carbons (Fsp3) is 0.357. The highest BCUT2D eigenvalue weighted by Gasteiger charge is 2.07. The third-order valence-electron chi connectivity index (χ3n) is 3.09. The summed E-state index contributed by atoms with van der Waals surface area (Å²) in [6.07, 6.45) is 6.06. The van der Waals surface area contributed by atoms with Crippen molar-refractivity contribution in [1.82, 2.24) is 4.98 Å². The first-order valence-electron chi connectivity index (χ1n) is 6.07. The molecule has 2 rings (SSSR count). The molecule has 3 nitrogen and oxygen atoms in total. The summed E-state index contributed by atoms with van der Waals surface area (Å²) in [5.41, 5.74) is 7.99. The molecule has 1 aromatic carbocycles. The van der Waals surface area contributed by atoms with E-state index >= 15 is 0 Å². The lowest BCUT2D eigenvalue weighted by Gasteiger charge is -2.21. The topological polar surface area (TPSA) is 42.1 Å². The van der Waals surface area contributed by atoms with Crippen molar-refractivity contribution in [3.63, 3.8) is 0 Å². The van der Waals surface area contributed by atoms with Crippen molar-refractivity contribution < 1.29 is 0 Å². The second-order valence-electron chi connectivity index (χ2n) is 4.37. The lowest BCUT2D eigenvalue weighted by molar-refractivity contribution is 0.768. The van der Waals surface area contributed by atoms with Crippen molar-refractivity contribution in [3.05, 3.63) is 30.6 Å². The molecule has 0 spiro atoms. The molecule has 90 valence electrons. The zero-order valence-corrected chi connectivity index (χ0v) is 10.5. The van der Waals surface area contributed by atoms with E-state index in [1.165, 1.54) is 23.9 Å². The zero-order valence-electron chi connectivity index (χ0n) is 10.5. The number of unbranched alkanes of at least 4 members (excludes halogenated alkanes) is 1. The molecule has 0 fully saturated rings. The second-order valence-corrected chi connectivity index (χ2v) is 4.37. The van der Waals surface area contributed by atoms with Crippen LogP contribution in [0.4, 0.5) is 11.4 Å². The fourth-order valence-corrected chi connectivity index (χ4v) is 2.04. The van der Waals surface area contributed by atoms with Gasteiger partial charge in [0.05, 0.1) is 0 Å². The molecule has 0 atom stereocenters. The third-order valence-corrected chi connectivity index (χ3v) is 3.09. The Morgan fingerprint density at radius 2 is 2.06 bits per heavy atom. The number of rotatable bonds is 4. The molecule has 2 aromatic rings. The van der Waals surface area contributed by atoms with Gasteiger partial charge >= 0.3 is 0 Å². The average Bonchev–Trinajstić information content (AvgIpc) is 2.37. The minimum Gasteiger partial charge on any atom is -0.398 e. The van der Waals surface area contributed by atoms with Gasteiger partial charge in [0.15, 0.2) is 0 Å². The Morgan fingerprint density at radius 3 is 2.82 bits per heavy atom. The number of anilines is 2. The molecule has 0 amide bonds. The number of hydrogen-bond acceptors (Lipinski definition) is 3. The van der Waals surface area contributed by atoms with E-state index in [2.05, 4.69) is 29.9 Å². The molecule has 0 radical (unpaired) electrons. The van der Waals surface area contributed by atoms with Crippen LogP contribution >= 0.6 is 0 Å². The molecule has 2 N–H and O–H groups in total. The van der Waals surface area contributed by atoms with E-state index in [9.17, 15) is 0 Å². The van der Waals surface area contributed by atoms with Gasteiger partial charge in [-0.05, 0) is 24.6 Å². The molecule has 0 aliphatic heterocycles. The summed E-state index contributed by atoms with van der Waals surface area (Å²) in [6, 6.07) is 6.08. The van der Waals surface area contributed by atoms with Crippen LogP contribution in [-0.4, -0.2) is 18.6 Å². The average molecular weight is 229 g/mol. The van der Waals surface area contributed by atoms with E-state index in [1.54, 1.807) is 0 Å². The maximum absolute atomic E-state index is 5.97. The van der Waals surface area contributed by atoms with Crippen molar-refractivity contribution in [3.8, 4) is 0 Å². The monoisotopic (exact) mass is 229 g/mol. The molecule has 17 heavy (non-hydrogen) atoms. The summed E-state index contributed by atoms with van der Waals surface area (Å²) >= 11 is 0. The highest BCUT2D eigenvalue weighted by molar-refractivity contribution is 6.00. The van der Waals surface area contributed by atoms with Crippen LogP contribution in [0.2, 0.25) is 0 Å². The Kier molecular flexibility index (Phi) is 3.47. The molecule has 0 bridgehead atoms.